The summed E-state index contributed by atoms with van der Waals surface area (Å²) < 4.78 is 0. The van der Waals surface area contributed by atoms with Gasteiger partial charge < -0.3 is 4.90 Å². The topological polar surface area (TPSA) is 20.3 Å². The lowest BCUT2D eigenvalue weighted by Gasteiger charge is -2.19. The number of hydrogen-bond acceptors (Lipinski definition) is 1. The molecule has 1 aliphatic heterocycles. The van der Waals surface area contributed by atoms with Crippen LogP contribution in [0.2, 0.25) is 0 Å². The van der Waals surface area contributed by atoms with Crippen molar-refractivity contribution in [2.75, 3.05) is 11.9 Å². The van der Waals surface area contributed by atoms with Crippen LogP contribution in [-0.2, 0) is 17.6 Å². The maximum absolute atomic E-state index is 11.6. The molecule has 0 spiro atoms. The monoisotopic (exact) mass is 217 g/mol. The SMILES string of the molecule is CN1C(=O)Cc2ccc(CC(C)(C)C)cc21. The standard InChI is InChI=1S/C14H19NO/c1-14(2,3)9-10-5-6-11-8-13(16)15(4)12(11)7-10/h5-7H,8-9H2,1-4H3. The van der Waals surface area contributed by atoms with Crippen LogP contribution in [0.25, 0.3) is 0 Å². The first-order valence-electron chi connectivity index (χ1n) is 5.75. The molecule has 0 radical (unpaired) electrons. The van der Waals surface area contributed by atoms with Crippen molar-refractivity contribution in [3.8, 4) is 0 Å². The molecular formula is C14H19NO. The van der Waals surface area contributed by atoms with Gasteiger partial charge in [-0.25, -0.2) is 0 Å². The summed E-state index contributed by atoms with van der Waals surface area (Å²) in [5.41, 5.74) is 3.85. The minimum atomic E-state index is 0.197. The van der Waals surface area contributed by atoms with Gasteiger partial charge in [-0.1, -0.05) is 32.9 Å². The Morgan fingerprint density at radius 2 is 2.00 bits per heavy atom. The molecule has 86 valence electrons. The molecule has 1 aromatic carbocycles. The van der Waals surface area contributed by atoms with E-state index in [1.54, 1.807) is 4.90 Å². The third kappa shape index (κ3) is 2.11. The molecule has 0 unspecified atom stereocenters. The zero-order valence-corrected chi connectivity index (χ0v) is 10.5. The van der Waals surface area contributed by atoms with Crippen LogP contribution in [0, 0.1) is 5.41 Å². The van der Waals surface area contributed by atoms with Crippen LogP contribution in [0.3, 0.4) is 0 Å². The van der Waals surface area contributed by atoms with E-state index in [0.717, 1.165) is 17.7 Å². The fourth-order valence-corrected chi connectivity index (χ4v) is 2.21. The van der Waals surface area contributed by atoms with Gasteiger partial charge in [0.2, 0.25) is 5.91 Å². The highest BCUT2D eigenvalue weighted by molar-refractivity contribution is 6.00. The molecular weight excluding hydrogens is 198 g/mol. The number of carbonyl (C=O) groups is 1. The number of nitrogens with zero attached hydrogens (tertiary/aromatic N) is 1. The number of rotatable bonds is 1. The van der Waals surface area contributed by atoms with Crippen molar-refractivity contribution in [1.82, 2.24) is 0 Å². The molecule has 2 rings (SSSR count). The highest BCUT2D eigenvalue weighted by Gasteiger charge is 2.24. The maximum Gasteiger partial charge on any atom is 0.231 e. The van der Waals surface area contributed by atoms with E-state index in [2.05, 4.69) is 39.0 Å². The molecule has 1 aromatic rings. The summed E-state index contributed by atoms with van der Waals surface area (Å²) in [7, 11) is 1.86. The van der Waals surface area contributed by atoms with Gasteiger partial charge in [-0.3, -0.25) is 4.79 Å². The number of likely N-dealkylation sites (N-methyl/N-ethyl adjacent to an activating group) is 1. The first-order chi connectivity index (χ1) is 7.37. The number of fused-ring (bicyclic) bond motifs is 1. The molecule has 2 nitrogen and oxygen atoms in total. The van der Waals surface area contributed by atoms with Crippen molar-refractivity contribution in [2.24, 2.45) is 5.41 Å². The van der Waals surface area contributed by atoms with Crippen LogP contribution in [0.5, 0.6) is 0 Å². The Bertz CT molecular complexity index is 429. The molecule has 0 aromatic heterocycles. The zero-order chi connectivity index (χ0) is 11.9. The number of anilines is 1. The molecule has 1 amide bonds. The first kappa shape index (κ1) is 11.2. The Kier molecular flexibility index (Phi) is 2.53. The van der Waals surface area contributed by atoms with E-state index in [1.807, 2.05) is 7.05 Å². The molecule has 0 fully saturated rings. The Hall–Kier alpha value is -1.31. The summed E-state index contributed by atoms with van der Waals surface area (Å²) in [5, 5.41) is 0. The minimum Gasteiger partial charge on any atom is -0.315 e. The lowest BCUT2D eigenvalue weighted by atomic mass is 9.87. The second-order valence-electron chi connectivity index (χ2n) is 5.83. The third-order valence-corrected chi connectivity index (χ3v) is 2.96. The van der Waals surface area contributed by atoms with E-state index >= 15 is 0 Å². The fraction of sp³-hybridized carbons (Fsp3) is 0.500. The minimum absolute atomic E-state index is 0.197. The summed E-state index contributed by atoms with van der Waals surface area (Å²) in [5.74, 6) is 0.197. The third-order valence-electron chi connectivity index (χ3n) is 2.96. The first-order valence-corrected chi connectivity index (χ1v) is 5.75. The molecule has 16 heavy (non-hydrogen) atoms. The summed E-state index contributed by atoms with van der Waals surface area (Å²) >= 11 is 0. The number of benzene rings is 1. The normalized spacial score (nSPS) is 15.5. The van der Waals surface area contributed by atoms with E-state index in [4.69, 9.17) is 0 Å². The highest BCUT2D eigenvalue weighted by Crippen LogP contribution is 2.30. The Morgan fingerprint density at radius 1 is 1.31 bits per heavy atom. The van der Waals surface area contributed by atoms with Crippen molar-refractivity contribution in [1.29, 1.82) is 0 Å². The van der Waals surface area contributed by atoms with Gasteiger partial charge in [0.1, 0.15) is 0 Å². The van der Waals surface area contributed by atoms with Gasteiger partial charge in [0.25, 0.3) is 0 Å². The zero-order valence-electron chi connectivity index (χ0n) is 10.5. The van der Waals surface area contributed by atoms with Gasteiger partial charge in [0, 0.05) is 12.7 Å². The van der Waals surface area contributed by atoms with E-state index in [1.165, 1.54) is 5.56 Å². The predicted octanol–water partition coefficient (Wildman–Crippen LogP) is 2.79. The second-order valence-corrected chi connectivity index (χ2v) is 5.83. The maximum atomic E-state index is 11.6. The van der Waals surface area contributed by atoms with Gasteiger partial charge in [-0.15, -0.1) is 0 Å². The molecule has 0 saturated carbocycles. The molecule has 0 aliphatic carbocycles. The fourth-order valence-electron chi connectivity index (χ4n) is 2.21. The quantitative estimate of drug-likeness (QED) is 0.708. The summed E-state index contributed by atoms with van der Waals surface area (Å²) in [6.45, 7) is 6.69. The van der Waals surface area contributed by atoms with Crippen LogP contribution in [0.4, 0.5) is 5.69 Å². The van der Waals surface area contributed by atoms with Crippen molar-refractivity contribution in [2.45, 2.75) is 33.6 Å². The Morgan fingerprint density at radius 3 is 2.62 bits per heavy atom. The van der Waals surface area contributed by atoms with E-state index < -0.39 is 0 Å². The van der Waals surface area contributed by atoms with Crippen LogP contribution in [-0.4, -0.2) is 13.0 Å². The lowest BCUT2D eigenvalue weighted by molar-refractivity contribution is -0.117. The van der Waals surface area contributed by atoms with Gasteiger partial charge in [-0.05, 0) is 29.0 Å². The molecule has 0 N–H and O–H groups in total. The number of hydrogen-bond donors (Lipinski definition) is 0. The Labute approximate surface area is 97.3 Å². The smallest absolute Gasteiger partial charge is 0.231 e. The van der Waals surface area contributed by atoms with Crippen LogP contribution >= 0.6 is 0 Å². The van der Waals surface area contributed by atoms with Crippen molar-refractivity contribution < 1.29 is 4.79 Å². The molecule has 0 saturated heterocycles. The summed E-state index contributed by atoms with van der Waals surface area (Å²) in [6, 6.07) is 6.40. The number of amides is 1. The summed E-state index contributed by atoms with van der Waals surface area (Å²) in [4.78, 5) is 13.3. The van der Waals surface area contributed by atoms with Crippen LogP contribution in [0.15, 0.2) is 18.2 Å². The van der Waals surface area contributed by atoms with Gasteiger partial charge in [0.15, 0.2) is 0 Å². The van der Waals surface area contributed by atoms with Gasteiger partial charge in [-0.2, -0.15) is 0 Å². The van der Waals surface area contributed by atoms with Crippen molar-refractivity contribution in [3.05, 3.63) is 29.3 Å². The number of carbonyl (C=O) groups excluding carboxylic acids is 1. The predicted molar refractivity (Wildman–Crippen MR) is 66.7 cm³/mol. The molecule has 1 aliphatic rings. The van der Waals surface area contributed by atoms with Gasteiger partial charge >= 0.3 is 0 Å². The average molecular weight is 217 g/mol. The second kappa shape index (κ2) is 3.62. The average Bonchev–Trinajstić information content (AvgIpc) is 2.42. The lowest BCUT2D eigenvalue weighted by Crippen LogP contribution is -2.20. The Balaban J connectivity index is 2.31. The van der Waals surface area contributed by atoms with E-state index in [9.17, 15) is 4.79 Å². The molecule has 0 atom stereocenters. The van der Waals surface area contributed by atoms with Crippen LogP contribution < -0.4 is 4.90 Å². The summed E-state index contributed by atoms with van der Waals surface area (Å²) in [6.07, 6.45) is 1.60. The van der Waals surface area contributed by atoms with E-state index in [0.29, 0.717) is 6.42 Å². The van der Waals surface area contributed by atoms with Crippen molar-refractivity contribution >= 4 is 11.6 Å². The molecule has 1 heterocycles. The molecule has 2 heteroatoms. The van der Waals surface area contributed by atoms with Gasteiger partial charge in [0.05, 0.1) is 6.42 Å². The van der Waals surface area contributed by atoms with E-state index in [-0.39, 0.29) is 11.3 Å². The molecule has 0 bridgehead atoms. The highest BCUT2D eigenvalue weighted by atomic mass is 16.2. The largest absolute Gasteiger partial charge is 0.315 e. The van der Waals surface area contributed by atoms with Crippen LogP contribution in [0.1, 0.15) is 31.9 Å². The van der Waals surface area contributed by atoms with Crippen molar-refractivity contribution in [3.63, 3.8) is 0 Å².